The van der Waals surface area contributed by atoms with E-state index in [0.29, 0.717) is 0 Å². The molecule has 1 atom stereocenters. The second kappa shape index (κ2) is 5.57. The van der Waals surface area contributed by atoms with E-state index in [9.17, 15) is 0 Å². The molecule has 100 valence electrons. The molecule has 0 radical (unpaired) electrons. The van der Waals surface area contributed by atoms with Crippen LogP contribution >= 0.6 is 0 Å². The Morgan fingerprint density at radius 1 is 1.50 bits per heavy atom. The summed E-state index contributed by atoms with van der Waals surface area (Å²) in [5.41, 5.74) is 3.70. The summed E-state index contributed by atoms with van der Waals surface area (Å²) in [6.45, 7) is 8.11. The van der Waals surface area contributed by atoms with Gasteiger partial charge in [-0.1, -0.05) is 6.92 Å². The monoisotopic (exact) mass is 249 g/mol. The molecular weight excluding hydrogens is 226 g/mol. The van der Waals surface area contributed by atoms with E-state index >= 15 is 0 Å². The zero-order valence-electron chi connectivity index (χ0n) is 11.8. The highest BCUT2D eigenvalue weighted by molar-refractivity contribution is 5.27. The number of nitrogens with one attached hydrogen (secondary N) is 1. The second-order valence-electron chi connectivity index (χ2n) is 4.83. The summed E-state index contributed by atoms with van der Waals surface area (Å²) in [7, 11) is 2.00. The molecule has 18 heavy (non-hydrogen) atoms. The van der Waals surface area contributed by atoms with Crippen molar-refractivity contribution in [3.05, 3.63) is 28.8 Å². The van der Waals surface area contributed by atoms with Gasteiger partial charge in [-0.25, -0.2) is 0 Å². The lowest BCUT2D eigenvalue weighted by Crippen LogP contribution is -2.33. The number of ether oxygens (including phenoxy) is 1. The Balaban J connectivity index is 2.17. The van der Waals surface area contributed by atoms with Gasteiger partial charge in [0.05, 0.1) is 18.3 Å². The Morgan fingerprint density at radius 3 is 2.78 bits per heavy atom. The van der Waals surface area contributed by atoms with Crippen LogP contribution in [0.2, 0.25) is 0 Å². The highest BCUT2D eigenvalue weighted by atomic mass is 16.5. The second-order valence-corrected chi connectivity index (χ2v) is 4.83. The summed E-state index contributed by atoms with van der Waals surface area (Å²) in [6.07, 6.45) is 4.18. The van der Waals surface area contributed by atoms with Crippen molar-refractivity contribution in [2.75, 3.05) is 13.2 Å². The van der Waals surface area contributed by atoms with E-state index in [4.69, 9.17) is 4.74 Å². The van der Waals surface area contributed by atoms with Crippen molar-refractivity contribution in [3.63, 3.8) is 0 Å². The van der Waals surface area contributed by atoms with Crippen molar-refractivity contribution in [2.24, 2.45) is 7.05 Å². The number of aryl methyl sites for hydroxylation is 2. The van der Waals surface area contributed by atoms with Crippen molar-refractivity contribution < 1.29 is 4.74 Å². The molecule has 1 aromatic rings. The van der Waals surface area contributed by atoms with Crippen LogP contribution in [-0.2, 0) is 18.2 Å². The minimum absolute atomic E-state index is 0.277. The predicted molar refractivity (Wildman–Crippen MR) is 72.5 cm³/mol. The molecule has 1 unspecified atom stereocenters. The normalized spacial score (nSPS) is 16.6. The van der Waals surface area contributed by atoms with Gasteiger partial charge in [0.25, 0.3) is 0 Å². The topological polar surface area (TPSA) is 39.1 Å². The van der Waals surface area contributed by atoms with E-state index in [2.05, 4.69) is 37.3 Å². The fourth-order valence-corrected chi connectivity index (χ4v) is 2.52. The number of nitrogens with zero attached hydrogens (tertiary/aromatic N) is 2. The van der Waals surface area contributed by atoms with Crippen molar-refractivity contribution in [2.45, 2.75) is 39.7 Å². The molecule has 1 aromatic heterocycles. The minimum Gasteiger partial charge on any atom is -0.496 e. The molecule has 0 amide bonds. The molecule has 2 heterocycles. The van der Waals surface area contributed by atoms with Crippen molar-refractivity contribution in [1.29, 1.82) is 0 Å². The molecule has 0 bridgehead atoms. The molecule has 1 aliphatic heterocycles. The summed E-state index contributed by atoms with van der Waals surface area (Å²) in [5.74, 6) is 1.10. The summed E-state index contributed by atoms with van der Waals surface area (Å²) >= 11 is 0. The van der Waals surface area contributed by atoms with Crippen molar-refractivity contribution in [3.8, 4) is 0 Å². The maximum atomic E-state index is 5.70. The molecule has 4 nitrogen and oxygen atoms in total. The van der Waals surface area contributed by atoms with Gasteiger partial charge in [-0.15, -0.1) is 0 Å². The summed E-state index contributed by atoms with van der Waals surface area (Å²) in [5, 5.41) is 7.99. The van der Waals surface area contributed by atoms with Crippen molar-refractivity contribution >= 4 is 0 Å². The van der Waals surface area contributed by atoms with Crippen molar-refractivity contribution in [1.82, 2.24) is 15.1 Å². The highest BCUT2D eigenvalue weighted by Crippen LogP contribution is 2.20. The number of aromatic nitrogens is 2. The first-order valence-corrected chi connectivity index (χ1v) is 6.68. The van der Waals surface area contributed by atoms with Crippen LogP contribution < -0.4 is 5.32 Å². The fraction of sp³-hybridized carbons (Fsp3) is 0.643. The van der Waals surface area contributed by atoms with Gasteiger partial charge >= 0.3 is 0 Å². The zero-order chi connectivity index (χ0) is 13.1. The molecule has 0 aromatic carbocycles. The predicted octanol–water partition coefficient (Wildman–Crippen LogP) is 1.86. The smallest absolute Gasteiger partial charge is 0.109 e. The maximum absolute atomic E-state index is 5.70. The number of hydrogen-bond acceptors (Lipinski definition) is 3. The number of likely N-dealkylation sites (N-methyl/N-ethyl adjacent to an activating group) is 1. The van der Waals surface area contributed by atoms with Crippen LogP contribution in [0.15, 0.2) is 11.8 Å². The number of hydrogen-bond donors (Lipinski definition) is 1. The molecule has 1 aliphatic rings. The molecule has 0 saturated heterocycles. The molecule has 4 heteroatoms. The summed E-state index contributed by atoms with van der Waals surface area (Å²) in [6, 6.07) is 0.277. The van der Waals surface area contributed by atoms with Gasteiger partial charge < -0.3 is 10.1 Å². The Morgan fingerprint density at radius 2 is 2.28 bits per heavy atom. The van der Waals surface area contributed by atoms with Crippen LogP contribution in [0.25, 0.3) is 0 Å². The van der Waals surface area contributed by atoms with E-state index in [1.165, 1.54) is 11.3 Å². The standard InChI is InChI=1S/C14H23N3O/c1-5-15-13(14-7-6-8-18-14)9-12-10(2)16-17(4)11(12)3/h7,13,15H,5-6,8-9H2,1-4H3. The lowest BCUT2D eigenvalue weighted by Gasteiger charge is -2.19. The quantitative estimate of drug-likeness (QED) is 0.865. The van der Waals surface area contributed by atoms with Gasteiger partial charge in [0.2, 0.25) is 0 Å². The van der Waals surface area contributed by atoms with Crippen LogP contribution in [0.5, 0.6) is 0 Å². The van der Waals surface area contributed by atoms with Crippen LogP contribution in [0.3, 0.4) is 0 Å². The summed E-state index contributed by atoms with van der Waals surface area (Å²) in [4.78, 5) is 0. The largest absolute Gasteiger partial charge is 0.496 e. The first-order chi connectivity index (χ1) is 8.63. The van der Waals surface area contributed by atoms with Gasteiger partial charge in [-0.05, 0) is 38.5 Å². The average molecular weight is 249 g/mol. The third kappa shape index (κ3) is 2.58. The van der Waals surface area contributed by atoms with E-state index < -0.39 is 0 Å². The highest BCUT2D eigenvalue weighted by Gasteiger charge is 2.21. The SMILES string of the molecule is CCNC(Cc1c(C)nn(C)c1C)C1=CCCO1. The third-order valence-corrected chi connectivity index (χ3v) is 3.59. The average Bonchev–Trinajstić information content (AvgIpc) is 2.93. The van der Waals surface area contributed by atoms with Crippen LogP contribution in [-0.4, -0.2) is 29.0 Å². The van der Waals surface area contributed by atoms with Gasteiger partial charge in [-0.3, -0.25) is 4.68 Å². The Labute approximate surface area is 109 Å². The van der Waals surface area contributed by atoms with Gasteiger partial charge in [0, 0.05) is 19.2 Å². The molecular formula is C14H23N3O. The van der Waals surface area contributed by atoms with Crippen LogP contribution in [0, 0.1) is 13.8 Å². The molecule has 0 aliphatic carbocycles. The molecule has 0 saturated carbocycles. The molecule has 1 N–H and O–H groups in total. The van der Waals surface area contributed by atoms with E-state index in [0.717, 1.165) is 37.4 Å². The van der Waals surface area contributed by atoms with Gasteiger partial charge in [-0.2, -0.15) is 5.10 Å². The van der Waals surface area contributed by atoms with E-state index in [-0.39, 0.29) is 6.04 Å². The third-order valence-electron chi connectivity index (χ3n) is 3.59. The first kappa shape index (κ1) is 13.1. The number of rotatable bonds is 5. The molecule has 0 fully saturated rings. The fourth-order valence-electron chi connectivity index (χ4n) is 2.52. The van der Waals surface area contributed by atoms with Gasteiger partial charge in [0.15, 0.2) is 0 Å². The van der Waals surface area contributed by atoms with Gasteiger partial charge in [0.1, 0.15) is 5.76 Å². The molecule has 2 rings (SSSR count). The first-order valence-electron chi connectivity index (χ1n) is 6.68. The zero-order valence-corrected chi connectivity index (χ0v) is 11.8. The van der Waals surface area contributed by atoms with Crippen LogP contribution in [0.4, 0.5) is 0 Å². The Bertz CT molecular complexity index is 448. The lowest BCUT2D eigenvalue weighted by atomic mass is 10.0. The maximum Gasteiger partial charge on any atom is 0.109 e. The lowest BCUT2D eigenvalue weighted by molar-refractivity contribution is 0.215. The Hall–Kier alpha value is -1.29. The minimum atomic E-state index is 0.277. The molecule has 0 spiro atoms. The summed E-state index contributed by atoms with van der Waals surface area (Å²) < 4.78 is 7.65. The Kier molecular flexibility index (Phi) is 4.07. The van der Waals surface area contributed by atoms with E-state index in [1.807, 2.05) is 11.7 Å². The van der Waals surface area contributed by atoms with Crippen LogP contribution in [0.1, 0.15) is 30.3 Å². The van der Waals surface area contributed by atoms with E-state index in [1.54, 1.807) is 0 Å².